The number of aromatic nitrogens is 4. The summed E-state index contributed by atoms with van der Waals surface area (Å²) in [6.07, 6.45) is 8.52. The van der Waals surface area contributed by atoms with Gasteiger partial charge >= 0.3 is 0 Å². The van der Waals surface area contributed by atoms with Crippen molar-refractivity contribution in [2.45, 2.75) is 45.1 Å². The van der Waals surface area contributed by atoms with E-state index in [1.807, 2.05) is 11.8 Å². The first-order chi connectivity index (χ1) is 10.7. The molecule has 1 atom stereocenters. The number of H-pyrrole nitrogens is 1. The Kier molecular flexibility index (Phi) is 3.17. The van der Waals surface area contributed by atoms with Gasteiger partial charge in [-0.15, -0.1) is 0 Å². The van der Waals surface area contributed by atoms with E-state index < -0.39 is 0 Å². The van der Waals surface area contributed by atoms with Crippen LogP contribution in [0.15, 0.2) is 12.4 Å². The van der Waals surface area contributed by atoms with Gasteiger partial charge in [0.25, 0.3) is 5.91 Å². The van der Waals surface area contributed by atoms with Crippen molar-refractivity contribution in [2.24, 2.45) is 0 Å². The van der Waals surface area contributed by atoms with E-state index >= 15 is 0 Å². The zero-order valence-corrected chi connectivity index (χ0v) is 12.7. The molecule has 6 nitrogen and oxygen atoms in total. The Labute approximate surface area is 129 Å². The van der Waals surface area contributed by atoms with Crippen LogP contribution >= 0.6 is 0 Å². The topological polar surface area (TPSA) is 74.8 Å². The molecular formula is C16H19N5O. The number of carbonyl (C=O) groups excluding carboxylic acids is 1. The predicted octanol–water partition coefficient (Wildman–Crippen LogP) is 1.97. The highest BCUT2D eigenvalue weighted by molar-refractivity contribution is 5.94. The number of hydrogen-bond acceptors (Lipinski definition) is 4. The van der Waals surface area contributed by atoms with Gasteiger partial charge in [0.2, 0.25) is 0 Å². The number of fused-ring (bicyclic) bond motifs is 1. The maximum Gasteiger partial charge on any atom is 0.275 e. The molecule has 4 rings (SSSR count). The summed E-state index contributed by atoms with van der Waals surface area (Å²) in [6, 6.07) is 0.0219. The zero-order chi connectivity index (χ0) is 15.1. The molecule has 2 aromatic heterocycles. The molecule has 1 saturated heterocycles. The lowest BCUT2D eigenvalue weighted by Crippen LogP contribution is -2.32. The third-order valence-electron chi connectivity index (χ3n) is 4.64. The van der Waals surface area contributed by atoms with Crippen molar-refractivity contribution in [1.29, 1.82) is 0 Å². The van der Waals surface area contributed by atoms with Gasteiger partial charge in [-0.25, -0.2) is 0 Å². The van der Waals surface area contributed by atoms with Gasteiger partial charge < -0.3 is 4.90 Å². The fourth-order valence-corrected chi connectivity index (χ4v) is 3.59. The van der Waals surface area contributed by atoms with Gasteiger partial charge in [0.05, 0.1) is 23.6 Å². The Morgan fingerprint density at radius 2 is 2.23 bits per heavy atom. The molecule has 0 aromatic carbocycles. The number of hydrogen-bond donors (Lipinski definition) is 1. The van der Waals surface area contributed by atoms with Gasteiger partial charge in [-0.2, -0.15) is 5.10 Å². The van der Waals surface area contributed by atoms with Crippen LogP contribution in [0.25, 0.3) is 0 Å². The lowest BCUT2D eigenvalue weighted by Gasteiger charge is -2.23. The van der Waals surface area contributed by atoms with Crippen molar-refractivity contribution in [2.75, 3.05) is 6.54 Å². The first-order valence-corrected chi connectivity index (χ1v) is 7.89. The van der Waals surface area contributed by atoms with Crippen molar-refractivity contribution in [3.8, 4) is 0 Å². The van der Waals surface area contributed by atoms with Gasteiger partial charge in [-0.3, -0.25) is 19.9 Å². The molecule has 114 valence electrons. The Morgan fingerprint density at radius 1 is 1.32 bits per heavy atom. The maximum absolute atomic E-state index is 12.9. The number of aromatic amines is 1. The second-order valence-electron chi connectivity index (χ2n) is 6.12. The van der Waals surface area contributed by atoms with E-state index in [1.165, 1.54) is 0 Å². The quantitative estimate of drug-likeness (QED) is 0.919. The molecule has 1 aliphatic carbocycles. The molecular weight excluding hydrogens is 278 g/mol. The first kappa shape index (κ1) is 13.4. The minimum atomic E-state index is 0.0219. The molecule has 2 aromatic rings. The van der Waals surface area contributed by atoms with Crippen molar-refractivity contribution in [3.63, 3.8) is 0 Å². The van der Waals surface area contributed by atoms with Crippen LogP contribution in [0.4, 0.5) is 0 Å². The van der Waals surface area contributed by atoms with Gasteiger partial charge in [-0.05, 0) is 39.0 Å². The summed E-state index contributed by atoms with van der Waals surface area (Å²) in [5, 5.41) is 7.30. The summed E-state index contributed by atoms with van der Waals surface area (Å²) < 4.78 is 0. The van der Waals surface area contributed by atoms with Crippen molar-refractivity contribution in [1.82, 2.24) is 25.1 Å². The van der Waals surface area contributed by atoms with Crippen molar-refractivity contribution >= 4 is 5.91 Å². The molecule has 22 heavy (non-hydrogen) atoms. The van der Waals surface area contributed by atoms with Gasteiger partial charge in [-0.1, -0.05) is 0 Å². The number of likely N-dealkylation sites (tertiary alicyclic amines) is 1. The standard InChI is InChI=1S/C16H19N5O/c1-10-8-17-9-13(18-10)14-6-3-7-21(14)16(22)15-11-4-2-5-12(11)19-20-15/h8-9,14H,2-7H2,1H3,(H,19,20)/t14-/m0/s1. The molecule has 2 aliphatic rings. The monoisotopic (exact) mass is 297 g/mol. The first-order valence-electron chi connectivity index (χ1n) is 7.89. The Balaban J connectivity index is 1.64. The van der Waals surface area contributed by atoms with Crippen LogP contribution < -0.4 is 0 Å². The summed E-state index contributed by atoms with van der Waals surface area (Å²) in [4.78, 5) is 23.6. The Hall–Kier alpha value is -2.24. The fraction of sp³-hybridized carbons (Fsp3) is 0.500. The van der Waals surface area contributed by atoms with E-state index in [0.717, 1.165) is 61.3 Å². The minimum absolute atomic E-state index is 0.0219. The molecule has 3 heterocycles. The Morgan fingerprint density at radius 3 is 3.09 bits per heavy atom. The molecule has 6 heteroatoms. The maximum atomic E-state index is 12.9. The lowest BCUT2D eigenvalue weighted by molar-refractivity contribution is 0.0725. The smallest absolute Gasteiger partial charge is 0.275 e. The number of amides is 1. The second kappa shape index (κ2) is 5.19. The summed E-state index contributed by atoms with van der Waals surface area (Å²) in [5.74, 6) is 0.0326. The normalized spacial score (nSPS) is 20.4. The molecule has 1 fully saturated rings. The average molecular weight is 297 g/mol. The largest absolute Gasteiger partial charge is 0.329 e. The zero-order valence-electron chi connectivity index (χ0n) is 12.7. The molecule has 0 spiro atoms. The average Bonchev–Trinajstić information content (AvgIpc) is 3.22. The molecule has 0 bridgehead atoms. The van der Waals surface area contributed by atoms with Crippen LogP contribution in [-0.4, -0.2) is 37.5 Å². The van der Waals surface area contributed by atoms with Crippen LogP contribution in [0, 0.1) is 6.92 Å². The van der Waals surface area contributed by atoms with E-state index in [0.29, 0.717) is 5.69 Å². The number of nitrogens with zero attached hydrogens (tertiary/aromatic N) is 4. The predicted molar refractivity (Wildman–Crippen MR) is 80.4 cm³/mol. The number of aryl methyl sites for hydroxylation is 2. The van der Waals surface area contributed by atoms with Crippen LogP contribution in [0.3, 0.4) is 0 Å². The highest BCUT2D eigenvalue weighted by Crippen LogP contribution is 2.33. The van der Waals surface area contributed by atoms with Gasteiger partial charge in [0.1, 0.15) is 0 Å². The Bertz CT molecular complexity index is 723. The van der Waals surface area contributed by atoms with Crippen LogP contribution in [0.5, 0.6) is 0 Å². The van der Waals surface area contributed by atoms with E-state index in [2.05, 4.69) is 20.2 Å². The van der Waals surface area contributed by atoms with E-state index in [-0.39, 0.29) is 11.9 Å². The SMILES string of the molecule is Cc1cncc([C@@H]2CCCN2C(=O)c2n[nH]c3c2CCC3)n1. The number of nitrogens with one attached hydrogen (secondary N) is 1. The highest BCUT2D eigenvalue weighted by Gasteiger charge is 2.35. The summed E-state index contributed by atoms with van der Waals surface area (Å²) in [6.45, 7) is 2.69. The number of rotatable bonds is 2. The molecule has 0 saturated carbocycles. The molecule has 0 unspecified atom stereocenters. The molecule has 1 amide bonds. The minimum Gasteiger partial charge on any atom is -0.329 e. The molecule has 0 radical (unpaired) electrons. The van der Waals surface area contributed by atoms with Crippen LogP contribution in [-0.2, 0) is 12.8 Å². The van der Waals surface area contributed by atoms with Crippen molar-refractivity contribution in [3.05, 3.63) is 40.7 Å². The third kappa shape index (κ3) is 2.10. The summed E-state index contributed by atoms with van der Waals surface area (Å²) in [5.41, 5.74) is 4.64. The van der Waals surface area contributed by atoms with E-state index in [4.69, 9.17) is 0 Å². The summed E-state index contributed by atoms with van der Waals surface area (Å²) >= 11 is 0. The second-order valence-corrected chi connectivity index (χ2v) is 6.12. The fourth-order valence-electron chi connectivity index (χ4n) is 3.59. The molecule has 1 aliphatic heterocycles. The molecule has 1 N–H and O–H groups in total. The van der Waals surface area contributed by atoms with E-state index in [9.17, 15) is 4.79 Å². The highest BCUT2D eigenvalue weighted by atomic mass is 16.2. The van der Waals surface area contributed by atoms with E-state index in [1.54, 1.807) is 12.4 Å². The van der Waals surface area contributed by atoms with Gasteiger partial charge in [0.15, 0.2) is 5.69 Å². The third-order valence-corrected chi connectivity index (χ3v) is 4.64. The van der Waals surface area contributed by atoms with Crippen LogP contribution in [0.1, 0.15) is 58.4 Å². The van der Waals surface area contributed by atoms with Crippen LogP contribution in [0.2, 0.25) is 0 Å². The lowest BCUT2D eigenvalue weighted by atomic mass is 10.1. The number of carbonyl (C=O) groups is 1. The summed E-state index contributed by atoms with van der Waals surface area (Å²) in [7, 11) is 0. The van der Waals surface area contributed by atoms with Crippen molar-refractivity contribution < 1.29 is 4.79 Å². The van der Waals surface area contributed by atoms with Gasteiger partial charge in [0, 0.05) is 24.0 Å².